The minimum absolute atomic E-state index is 0.0202. The van der Waals surface area contributed by atoms with Gasteiger partial charge in [-0.2, -0.15) is 0 Å². The van der Waals surface area contributed by atoms with Gasteiger partial charge < -0.3 is 0 Å². The molecule has 5 rings (SSSR count). The molecule has 0 unspecified atom stereocenters. The van der Waals surface area contributed by atoms with Crippen LogP contribution in [0.5, 0.6) is 0 Å². The Labute approximate surface area is 169 Å². The van der Waals surface area contributed by atoms with Gasteiger partial charge in [-0.1, -0.05) is 77.5 Å². The Morgan fingerprint density at radius 3 is 2.48 bits per heavy atom. The third kappa shape index (κ3) is 3.07. The van der Waals surface area contributed by atoms with E-state index in [1.54, 1.807) is 15.7 Å². The fourth-order valence-electron chi connectivity index (χ4n) is 3.11. The highest BCUT2D eigenvalue weighted by molar-refractivity contribution is 9.10. The molecular formula is C22H17BrN2OS. The van der Waals surface area contributed by atoms with Crippen molar-refractivity contribution in [2.75, 3.05) is 0 Å². The zero-order valence-electron chi connectivity index (χ0n) is 14.9. The summed E-state index contributed by atoms with van der Waals surface area (Å²) in [7, 11) is 0. The molecular weight excluding hydrogens is 420 g/mol. The molecule has 5 aromatic rings. The lowest BCUT2D eigenvalue weighted by atomic mass is 10.1. The lowest BCUT2D eigenvalue weighted by Crippen LogP contribution is -2.11. The van der Waals surface area contributed by atoms with Crippen molar-refractivity contribution in [1.82, 2.24) is 9.38 Å². The first-order valence-electron chi connectivity index (χ1n) is 8.81. The Hall–Kier alpha value is -2.50. The second-order valence-electron chi connectivity index (χ2n) is 5.85. The Morgan fingerprint density at radius 2 is 1.70 bits per heavy atom. The summed E-state index contributed by atoms with van der Waals surface area (Å²) < 4.78 is 3.61. The summed E-state index contributed by atoms with van der Waals surface area (Å²) in [5.41, 5.74) is 3.89. The van der Waals surface area contributed by atoms with E-state index in [-0.39, 0.29) is 5.56 Å². The normalized spacial score (nSPS) is 10.9. The molecule has 0 N–H and O–H groups in total. The average Bonchev–Trinajstić information content (AvgIpc) is 3.07. The maximum Gasteiger partial charge on any atom is 0.266 e. The maximum atomic E-state index is 13.0. The van der Waals surface area contributed by atoms with E-state index in [1.165, 1.54) is 0 Å². The summed E-state index contributed by atoms with van der Waals surface area (Å²) in [5.74, 6) is 0. The molecule has 2 aromatic heterocycles. The van der Waals surface area contributed by atoms with Gasteiger partial charge >= 0.3 is 0 Å². The number of hydrogen-bond donors (Lipinski definition) is 0. The van der Waals surface area contributed by atoms with Crippen molar-refractivity contribution in [3.8, 4) is 11.1 Å². The Kier molecular flexibility index (Phi) is 4.81. The number of aromatic nitrogens is 2. The van der Waals surface area contributed by atoms with Crippen LogP contribution in [-0.4, -0.2) is 9.38 Å². The van der Waals surface area contributed by atoms with Crippen LogP contribution in [0.15, 0.2) is 76.0 Å². The van der Waals surface area contributed by atoms with Gasteiger partial charge in [0.15, 0.2) is 4.96 Å². The van der Waals surface area contributed by atoms with E-state index in [0.29, 0.717) is 0 Å². The van der Waals surface area contributed by atoms with Crippen molar-refractivity contribution in [3.63, 3.8) is 0 Å². The topological polar surface area (TPSA) is 34.4 Å². The van der Waals surface area contributed by atoms with Gasteiger partial charge in [0, 0.05) is 9.17 Å². The molecule has 0 saturated carbocycles. The van der Waals surface area contributed by atoms with Crippen LogP contribution in [0.25, 0.3) is 37.2 Å². The number of nitrogens with zero attached hydrogens (tertiary/aromatic N) is 2. The molecule has 5 heteroatoms. The van der Waals surface area contributed by atoms with Gasteiger partial charge in [-0.3, -0.25) is 4.79 Å². The van der Waals surface area contributed by atoms with Gasteiger partial charge in [0.05, 0.1) is 16.4 Å². The van der Waals surface area contributed by atoms with E-state index in [1.807, 2.05) is 62.4 Å². The summed E-state index contributed by atoms with van der Waals surface area (Å²) in [6, 6.07) is 22.0. The van der Waals surface area contributed by atoms with Gasteiger partial charge in [0.1, 0.15) is 0 Å². The van der Waals surface area contributed by atoms with Crippen molar-refractivity contribution >= 4 is 53.3 Å². The fraction of sp³-hybridized carbons (Fsp3) is 0.0909. The molecule has 0 fully saturated rings. The van der Waals surface area contributed by atoms with E-state index >= 15 is 0 Å². The number of fused-ring (bicyclic) bond motifs is 4. The van der Waals surface area contributed by atoms with Crippen LogP contribution in [0.1, 0.15) is 13.8 Å². The monoisotopic (exact) mass is 436 g/mol. The van der Waals surface area contributed by atoms with E-state index in [0.717, 1.165) is 41.7 Å². The molecule has 0 aliphatic carbocycles. The summed E-state index contributed by atoms with van der Waals surface area (Å²) in [4.78, 5) is 18.4. The first-order chi connectivity index (χ1) is 13.2. The summed E-state index contributed by atoms with van der Waals surface area (Å²) >= 11 is 5.01. The molecule has 0 spiro atoms. The predicted molar refractivity (Wildman–Crippen MR) is 119 cm³/mol. The second-order valence-corrected chi connectivity index (χ2v) is 7.77. The Balaban J connectivity index is 0.000000872. The van der Waals surface area contributed by atoms with Crippen molar-refractivity contribution < 1.29 is 0 Å². The van der Waals surface area contributed by atoms with Crippen molar-refractivity contribution in [3.05, 3.63) is 81.6 Å². The minimum Gasteiger partial charge on any atom is -0.268 e. The summed E-state index contributed by atoms with van der Waals surface area (Å²) in [6.07, 6.45) is 0. The number of rotatable bonds is 1. The standard InChI is InChI=1S/C20H11BrN2OS.C2H6/c21-14-7-9-17-16(11-14)22-20-23(17)19(24)15-8-6-13(10-18(15)25-20)12-4-2-1-3-5-12;1-2/h1-11H;1-2H3. The molecule has 0 aliphatic heterocycles. The van der Waals surface area contributed by atoms with Gasteiger partial charge in [-0.25, -0.2) is 9.38 Å². The van der Waals surface area contributed by atoms with E-state index < -0.39 is 0 Å². The van der Waals surface area contributed by atoms with Crippen molar-refractivity contribution in [2.45, 2.75) is 13.8 Å². The molecule has 3 nitrogen and oxygen atoms in total. The molecule has 2 heterocycles. The average molecular weight is 437 g/mol. The third-order valence-electron chi connectivity index (χ3n) is 4.31. The summed E-state index contributed by atoms with van der Waals surface area (Å²) in [6.45, 7) is 4.00. The number of imidazole rings is 1. The Morgan fingerprint density at radius 1 is 0.926 bits per heavy atom. The van der Waals surface area contributed by atoms with E-state index in [4.69, 9.17) is 0 Å². The minimum atomic E-state index is -0.0202. The van der Waals surface area contributed by atoms with Crippen LogP contribution in [0.3, 0.4) is 0 Å². The number of hydrogen-bond acceptors (Lipinski definition) is 3. The van der Waals surface area contributed by atoms with Crippen LogP contribution < -0.4 is 5.56 Å². The van der Waals surface area contributed by atoms with Crippen molar-refractivity contribution in [1.29, 1.82) is 0 Å². The first kappa shape index (κ1) is 17.9. The van der Waals surface area contributed by atoms with E-state index in [2.05, 4.69) is 39.1 Å². The molecule has 0 atom stereocenters. The van der Waals surface area contributed by atoms with Gasteiger partial charge in [-0.05, 0) is 41.5 Å². The zero-order chi connectivity index (χ0) is 19.0. The molecule has 3 aromatic carbocycles. The molecule has 0 amide bonds. The molecule has 0 radical (unpaired) electrons. The highest BCUT2D eigenvalue weighted by atomic mass is 79.9. The number of benzene rings is 3. The maximum absolute atomic E-state index is 13.0. The zero-order valence-corrected chi connectivity index (χ0v) is 17.3. The highest BCUT2D eigenvalue weighted by Crippen LogP contribution is 2.29. The van der Waals surface area contributed by atoms with Gasteiger partial charge in [0.25, 0.3) is 5.56 Å². The summed E-state index contributed by atoms with van der Waals surface area (Å²) in [5, 5.41) is 0.722. The molecule has 134 valence electrons. The SMILES string of the molecule is CC.O=c1c2ccc(-c3ccccc3)cc2sc2nc3cc(Br)ccc3n12. The van der Waals surface area contributed by atoms with Crippen LogP contribution in [0.2, 0.25) is 0 Å². The number of halogens is 1. The highest BCUT2D eigenvalue weighted by Gasteiger charge is 2.12. The predicted octanol–water partition coefficient (Wildman–Crippen LogP) is 6.52. The largest absolute Gasteiger partial charge is 0.268 e. The fourth-order valence-corrected chi connectivity index (χ4v) is 4.52. The van der Waals surface area contributed by atoms with Crippen LogP contribution in [-0.2, 0) is 0 Å². The Bertz CT molecular complexity index is 1320. The lowest BCUT2D eigenvalue weighted by molar-refractivity contribution is 1.20. The van der Waals surface area contributed by atoms with Crippen LogP contribution >= 0.6 is 27.3 Å². The molecule has 27 heavy (non-hydrogen) atoms. The molecule has 0 aliphatic rings. The lowest BCUT2D eigenvalue weighted by Gasteiger charge is -2.04. The van der Waals surface area contributed by atoms with Crippen LogP contribution in [0, 0.1) is 0 Å². The van der Waals surface area contributed by atoms with Gasteiger partial charge in [-0.15, -0.1) is 0 Å². The third-order valence-corrected chi connectivity index (χ3v) is 5.82. The molecule has 0 saturated heterocycles. The first-order valence-corrected chi connectivity index (χ1v) is 10.4. The van der Waals surface area contributed by atoms with Crippen LogP contribution in [0.4, 0.5) is 0 Å². The quantitative estimate of drug-likeness (QED) is 0.299. The second kappa shape index (κ2) is 7.25. The van der Waals surface area contributed by atoms with Crippen molar-refractivity contribution in [2.24, 2.45) is 0 Å². The van der Waals surface area contributed by atoms with E-state index in [9.17, 15) is 4.79 Å². The molecule has 0 bridgehead atoms. The van der Waals surface area contributed by atoms with Gasteiger partial charge in [0.2, 0.25) is 0 Å². The smallest absolute Gasteiger partial charge is 0.266 e.